The molecule has 0 saturated carbocycles. The number of ether oxygens (including phenoxy) is 1. The number of halogens is 1. The van der Waals surface area contributed by atoms with Crippen LogP contribution >= 0.6 is 0 Å². The van der Waals surface area contributed by atoms with Crippen molar-refractivity contribution in [1.29, 1.82) is 0 Å². The van der Waals surface area contributed by atoms with Crippen LogP contribution in [0.2, 0.25) is 0 Å². The van der Waals surface area contributed by atoms with Crippen LogP contribution in [0.5, 0.6) is 11.5 Å². The van der Waals surface area contributed by atoms with Crippen LogP contribution in [0.1, 0.15) is 27.9 Å². The first-order valence-corrected chi connectivity index (χ1v) is 7.63. The molecule has 0 bridgehead atoms. The second-order valence-corrected chi connectivity index (χ2v) is 5.98. The lowest BCUT2D eigenvalue weighted by Crippen LogP contribution is -2.45. The van der Waals surface area contributed by atoms with Crippen molar-refractivity contribution < 1.29 is 23.4 Å². The summed E-state index contributed by atoms with van der Waals surface area (Å²) in [6.45, 7) is 0.441. The molecular weight excluding hydrogens is 313 g/mol. The Balaban J connectivity index is 1.68. The van der Waals surface area contributed by atoms with Gasteiger partial charge >= 0.3 is 0 Å². The predicted octanol–water partition coefficient (Wildman–Crippen LogP) is 3.37. The maximum atomic E-state index is 13.4. The summed E-state index contributed by atoms with van der Waals surface area (Å²) in [5.74, 6) is 0.328. The largest absolute Gasteiger partial charge is 0.508 e. The first kappa shape index (κ1) is 13.4. The van der Waals surface area contributed by atoms with Crippen molar-refractivity contribution in [2.45, 2.75) is 12.6 Å². The van der Waals surface area contributed by atoms with Gasteiger partial charge in [0.25, 0.3) is 5.91 Å². The maximum absolute atomic E-state index is 13.4. The molecule has 6 heteroatoms. The Morgan fingerprint density at radius 3 is 2.96 bits per heavy atom. The third-order valence-corrected chi connectivity index (χ3v) is 4.59. The highest BCUT2D eigenvalue weighted by molar-refractivity contribution is 5.98. The number of nitrogens with zero attached hydrogens (tertiary/aromatic N) is 1. The number of carbonyl (C=O) groups is 1. The zero-order valence-corrected chi connectivity index (χ0v) is 12.5. The van der Waals surface area contributed by atoms with Gasteiger partial charge in [-0.3, -0.25) is 9.69 Å². The van der Waals surface area contributed by atoms with Crippen LogP contribution in [0.4, 0.5) is 4.39 Å². The second-order valence-electron chi connectivity index (χ2n) is 5.98. The van der Waals surface area contributed by atoms with Gasteiger partial charge in [0.1, 0.15) is 22.9 Å². The van der Waals surface area contributed by atoms with Crippen LogP contribution in [-0.2, 0) is 6.42 Å². The van der Waals surface area contributed by atoms with E-state index >= 15 is 0 Å². The van der Waals surface area contributed by atoms with E-state index in [1.54, 1.807) is 23.1 Å². The van der Waals surface area contributed by atoms with Gasteiger partial charge in [-0.25, -0.2) is 4.39 Å². The molecule has 1 amide bonds. The first-order valence-electron chi connectivity index (χ1n) is 7.63. The van der Waals surface area contributed by atoms with Crippen molar-refractivity contribution >= 4 is 16.9 Å². The van der Waals surface area contributed by atoms with E-state index < -0.39 is 12.0 Å². The fourth-order valence-corrected chi connectivity index (χ4v) is 3.48. The van der Waals surface area contributed by atoms with Crippen LogP contribution in [0, 0.1) is 5.82 Å². The molecule has 1 N–H and O–H groups in total. The number of phenolic OH excluding ortho intramolecular Hbond substituents is 1. The summed E-state index contributed by atoms with van der Waals surface area (Å²) in [7, 11) is 0. The number of fused-ring (bicyclic) bond motifs is 6. The average Bonchev–Trinajstić information content (AvgIpc) is 2.94. The number of hydrogen-bond donors (Lipinski definition) is 1. The van der Waals surface area contributed by atoms with Crippen LogP contribution in [0.15, 0.2) is 40.8 Å². The van der Waals surface area contributed by atoms with E-state index in [0.717, 1.165) is 10.9 Å². The topological polar surface area (TPSA) is 62.9 Å². The average molecular weight is 325 g/mol. The number of carbonyl (C=O) groups excluding carboxylic acids is 1. The van der Waals surface area contributed by atoms with Crippen LogP contribution in [0.3, 0.4) is 0 Å². The number of benzene rings is 2. The van der Waals surface area contributed by atoms with Gasteiger partial charge in [-0.15, -0.1) is 0 Å². The smallest absolute Gasteiger partial charge is 0.260 e. The van der Waals surface area contributed by atoms with Crippen molar-refractivity contribution in [2.24, 2.45) is 0 Å². The summed E-state index contributed by atoms with van der Waals surface area (Å²) < 4.78 is 25.3. The third-order valence-electron chi connectivity index (χ3n) is 4.59. The lowest BCUT2D eigenvalue weighted by atomic mass is 9.99. The monoisotopic (exact) mass is 325 g/mol. The minimum absolute atomic E-state index is 0.162. The van der Waals surface area contributed by atoms with Crippen LogP contribution in [0.25, 0.3) is 11.0 Å². The number of amides is 1. The maximum Gasteiger partial charge on any atom is 0.260 e. The fraction of sp³-hybridized carbons (Fsp3) is 0.167. The van der Waals surface area contributed by atoms with Crippen molar-refractivity contribution in [1.82, 2.24) is 4.90 Å². The Hall–Kier alpha value is -3.02. The van der Waals surface area contributed by atoms with E-state index in [9.17, 15) is 14.3 Å². The summed E-state index contributed by atoms with van der Waals surface area (Å²) in [5.41, 5.74) is 1.80. The van der Waals surface area contributed by atoms with Gasteiger partial charge in [0, 0.05) is 17.5 Å². The zero-order chi connectivity index (χ0) is 16.4. The lowest BCUT2D eigenvalue weighted by Gasteiger charge is -2.38. The van der Waals surface area contributed by atoms with Gasteiger partial charge in [-0.1, -0.05) is 0 Å². The van der Waals surface area contributed by atoms with E-state index in [2.05, 4.69) is 0 Å². The highest BCUT2D eigenvalue weighted by Gasteiger charge is 2.41. The normalized spacial score (nSPS) is 18.8. The Morgan fingerprint density at radius 2 is 2.08 bits per heavy atom. The fourth-order valence-electron chi connectivity index (χ4n) is 3.48. The molecule has 120 valence electrons. The highest BCUT2D eigenvalue weighted by atomic mass is 19.1. The summed E-state index contributed by atoms with van der Waals surface area (Å²) in [5, 5.41) is 10.5. The minimum atomic E-state index is -0.672. The standard InChI is InChI=1S/C18H12FNO4/c19-9-1-3-15-13(7-9)17(22)20-6-5-11-12-8-10(21)2-4-14(12)23-16(11)18(20)24-15/h1-4,7-8,18,21H,5-6H2. The van der Waals surface area contributed by atoms with E-state index in [0.29, 0.717) is 30.1 Å². The molecule has 24 heavy (non-hydrogen) atoms. The molecule has 0 spiro atoms. The Kier molecular flexibility index (Phi) is 2.52. The van der Waals surface area contributed by atoms with Gasteiger partial charge in [0.05, 0.1) is 5.56 Å². The third kappa shape index (κ3) is 1.71. The second kappa shape index (κ2) is 4.50. The van der Waals surface area contributed by atoms with E-state index in [1.165, 1.54) is 18.2 Å². The van der Waals surface area contributed by atoms with Crippen molar-refractivity contribution in [3.8, 4) is 11.5 Å². The Labute approximate surface area is 135 Å². The molecule has 0 aliphatic carbocycles. The van der Waals surface area contributed by atoms with E-state index in [-0.39, 0.29) is 17.2 Å². The molecule has 1 aromatic heterocycles. The SMILES string of the molecule is O=C1c2cc(F)ccc2OC2c3oc4ccc(O)cc4c3CCN12. The van der Waals surface area contributed by atoms with Crippen LogP contribution < -0.4 is 4.74 Å². The molecule has 5 rings (SSSR count). The number of phenols is 1. The number of hydrogen-bond acceptors (Lipinski definition) is 4. The molecule has 0 radical (unpaired) electrons. The molecule has 0 saturated heterocycles. The Morgan fingerprint density at radius 1 is 1.21 bits per heavy atom. The zero-order valence-electron chi connectivity index (χ0n) is 12.5. The number of aromatic hydroxyl groups is 1. The van der Waals surface area contributed by atoms with Crippen molar-refractivity contribution in [3.63, 3.8) is 0 Å². The molecule has 2 aromatic carbocycles. The van der Waals surface area contributed by atoms with Gasteiger partial charge in [-0.05, 0) is 42.8 Å². The van der Waals surface area contributed by atoms with Crippen molar-refractivity contribution in [3.05, 3.63) is 59.1 Å². The summed E-state index contributed by atoms with van der Waals surface area (Å²) in [6, 6.07) is 8.83. The highest BCUT2D eigenvalue weighted by Crippen LogP contribution is 2.43. The summed E-state index contributed by atoms with van der Waals surface area (Å²) >= 11 is 0. The van der Waals surface area contributed by atoms with Gasteiger partial charge in [-0.2, -0.15) is 0 Å². The van der Waals surface area contributed by atoms with E-state index in [1.807, 2.05) is 0 Å². The Bertz CT molecular complexity index is 1010. The molecule has 1 unspecified atom stereocenters. The van der Waals surface area contributed by atoms with Gasteiger partial charge in [0.15, 0.2) is 5.76 Å². The van der Waals surface area contributed by atoms with Gasteiger partial charge in [0.2, 0.25) is 6.23 Å². The number of rotatable bonds is 0. The molecule has 3 heterocycles. The number of furan rings is 1. The lowest BCUT2D eigenvalue weighted by molar-refractivity contribution is -0.00679. The molecular formula is C18H12FNO4. The molecule has 2 aliphatic heterocycles. The van der Waals surface area contributed by atoms with Crippen molar-refractivity contribution in [2.75, 3.05) is 6.54 Å². The van der Waals surface area contributed by atoms with E-state index in [4.69, 9.17) is 9.15 Å². The molecule has 5 nitrogen and oxygen atoms in total. The predicted molar refractivity (Wildman–Crippen MR) is 82.4 cm³/mol. The summed E-state index contributed by atoms with van der Waals surface area (Å²) in [4.78, 5) is 14.2. The quantitative estimate of drug-likeness (QED) is 0.688. The minimum Gasteiger partial charge on any atom is -0.508 e. The van der Waals surface area contributed by atoms with Gasteiger partial charge < -0.3 is 14.3 Å². The molecule has 1 atom stereocenters. The molecule has 3 aromatic rings. The molecule has 2 aliphatic rings. The molecule has 0 fully saturated rings. The summed E-state index contributed by atoms with van der Waals surface area (Å²) in [6.07, 6.45) is -0.0871. The van der Waals surface area contributed by atoms with Crippen LogP contribution in [-0.4, -0.2) is 22.5 Å². The first-order chi connectivity index (χ1) is 11.6.